The summed E-state index contributed by atoms with van der Waals surface area (Å²) in [5, 5.41) is 2.52. The molecule has 0 saturated carbocycles. The van der Waals surface area contributed by atoms with Gasteiger partial charge in [-0.15, -0.1) is 0 Å². The monoisotopic (exact) mass is 391 g/mol. The fraction of sp³-hybridized carbons (Fsp3) is 0.533. The van der Waals surface area contributed by atoms with Gasteiger partial charge in [0.25, 0.3) is 0 Å². The lowest BCUT2D eigenvalue weighted by molar-refractivity contribution is -0.122. The summed E-state index contributed by atoms with van der Waals surface area (Å²) in [6, 6.07) is 3.98. The van der Waals surface area contributed by atoms with E-state index >= 15 is 0 Å². The van der Waals surface area contributed by atoms with Crippen molar-refractivity contribution in [3.63, 3.8) is 0 Å². The SMILES string of the molecule is CCNC(=O)[C@H](C)NS(=O)(=O)c1ccc(S(=O)(=O)N(CC)CC)cc1. The molecule has 0 aliphatic carbocycles. The Morgan fingerprint density at radius 2 is 1.48 bits per heavy atom. The highest BCUT2D eigenvalue weighted by Crippen LogP contribution is 2.18. The smallest absolute Gasteiger partial charge is 0.243 e. The second-order valence-electron chi connectivity index (χ2n) is 5.30. The second-order valence-corrected chi connectivity index (χ2v) is 8.95. The first-order chi connectivity index (χ1) is 11.6. The van der Waals surface area contributed by atoms with Gasteiger partial charge in [0.1, 0.15) is 0 Å². The standard InChI is InChI=1S/C15H25N3O5S2/c1-5-16-15(19)12(4)17-24(20,21)13-8-10-14(11-9-13)25(22,23)18(6-2)7-3/h8-12,17H,5-7H2,1-4H3,(H,16,19)/t12-/m0/s1. The molecule has 25 heavy (non-hydrogen) atoms. The van der Waals surface area contributed by atoms with Gasteiger partial charge in [0.2, 0.25) is 26.0 Å². The summed E-state index contributed by atoms with van der Waals surface area (Å²) in [5.41, 5.74) is 0. The maximum Gasteiger partial charge on any atom is 0.243 e. The van der Waals surface area contributed by atoms with Gasteiger partial charge in [-0.25, -0.2) is 16.8 Å². The highest BCUT2D eigenvalue weighted by atomic mass is 32.2. The van der Waals surface area contributed by atoms with Crippen LogP contribution in [0.3, 0.4) is 0 Å². The first kappa shape index (κ1) is 21.6. The van der Waals surface area contributed by atoms with E-state index in [0.717, 1.165) is 0 Å². The summed E-state index contributed by atoms with van der Waals surface area (Å²) < 4.78 is 53.0. The van der Waals surface area contributed by atoms with Gasteiger partial charge in [-0.2, -0.15) is 9.03 Å². The van der Waals surface area contributed by atoms with E-state index in [1.807, 2.05) is 0 Å². The number of hydrogen-bond acceptors (Lipinski definition) is 5. The van der Waals surface area contributed by atoms with Crippen molar-refractivity contribution in [1.29, 1.82) is 0 Å². The zero-order chi connectivity index (χ0) is 19.3. The molecule has 1 aromatic carbocycles. The third-order valence-corrected chi connectivity index (χ3v) is 7.17. The number of benzene rings is 1. The largest absolute Gasteiger partial charge is 0.355 e. The Bertz CT molecular complexity index is 785. The van der Waals surface area contributed by atoms with Gasteiger partial charge in [0.05, 0.1) is 15.8 Å². The summed E-state index contributed by atoms with van der Waals surface area (Å²) in [5.74, 6) is -0.438. The number of nitrogens with zero attached hydrogens (tertiary/aromatic N) is 1. The van der Waals surface area contributed by atoms with Crippen LogP contribution in [-0.2, 0) is 24.8 Å². The number of likely N-dealkylation sites (N-methyl/N-ethyl adjacent to an activating group) is 1. The van der Waals surface area contributed by atoms with Gasteiger partial charge in [0.15, 0.2) is 0 Å². The number of amides is 1. The number of carbonyl (C=O) groups is 1. The zero-order valence-electron chi connectivity index (χ0n) is 14.8. The fourth-order valence-electron chi connectivity index (χ4n) is 2.18. The molecule has 0 spiro atoms. The molecule has 2 N–H and O–H groups in total. The van der Waals surface area contributed by atoms with Crippen molar-refractivity contribution in [2.24, 2.45) is 0 Å². The van der Waals surface area contributed by atoms with E-state index in [4.69, 9.17) is 0 Å². The average molecular weight is 392 g/mol. The molecular formula is C15H25N3O5S2. The van der Waals surface area contributed by atoms with Crippen molar-refractivity contribution >= 4 is 26.0 Å². The minimum absolute atomic E-state index is 0.0203. The number of rotatable bonds is 9. The molecule has 0 bridgehead atoms. The molecular weight excluding hydrogens is 366 g/mol. The lowest BCUT2D eigenvalue weighted by Crippen LogP contribution is -2.44. The molecule has 1 atom stereocenters. The van der Waals surface area contributed by atoms with E-state index in [9.17, 15) is 21.6 Å². The second kappa shape index (κ2) is 8.75. The minimum Gasteiger partial charge on any atom is -0.355 e. The predicted molar refractivity (Wildman–Crippen MR) is 95.0 cm³/mol. The van der Waals surface area contributed by atoms with Crippen LogP contribution in [0.4, 0.5) is 0 Å². The van der Waals surface area contributed by atoms with Crippen molar-refractivity contribution in [2.45, 2.75) is 43.5 Å². The van der Waals surface area contributed by atoms with Crippen LogP contribution in [0.1, 0.15) is 27.7 Å². The molecule has 0 aliphatic heterocycles. The summed E-state index contributed by atoms with van der Waals surface area (Å²) in [6.07, 6.45) is 0. The lowest BCUT2D eigenvalue weighted by Gasteiger charge is -2.18. The molecule has 0 unspecified atom stereocenters. The van der Waals surface area contributed by atoms with E-state index in [0.29, 0.717) is 19.6 Å². The van der Waals surface area contributed by atoms with E-state index in [1.54, 1.807) is 20.8 Å². The third kappa shape index (κ3) is 5.24. The van der Waals surface area contributed by atoms with Gasteiger partial charge in [0, 0.05) is 19.6 Å². The average Bonchev–Trinajstić information content (AvgIpc) is 2.55. The molecule has 0 radical (unpaired) electrons. The van der Waals surface area contributed by atoms with Crippen molar-refractivity contribution in [3.8, 4) is 0 Å². The molecule has 1 amide bonds. The summed E-state index contributed by atoms with van der Waals surface area (Å²) in [4.78, 5) is 11.6. The summed E-state index contributed by atoms with van der Waals surface area (Å²) >= 11 is 0. The Balaban J connectivity index is 3.04. The molecule has 0 aromatic heterocycles. The first-order valence-corrected chi connectivity index (χ1v) is 10.9. The van der Waals surface area contributed by atoms with Crippen LogP contribution in [-0.4, -0.2) is 52.7 Å². The Morgan fingerprint density at radius 3 is 1.92 bits per heavy atom. The van der Waals surface area contributed by atoms with Gasteiger partial charge < -0.3 is 5.32 Å². The number of nitrogens with one attached hydrogen (secondary N) is 2. The van der Waals surface area contributed by atoms with Crippen LogP contribution in [0.5, 0.6) is 0 Å². The molecule has 0 fully saturated rings. The van der Waals surface area contributed by atoms with E-state index in [1.165, 1.54) is 35.5 Å². The number of sulfonamides is 2. The van der Waals surface area contributed by atoms with Crippen LogP contribution < -0.4 is 10.0 Å². The number of hydrogen-bond donors (Lipinski definition) is 2. The Morgan fingerprint density at radius 1 is 1.00 bits per heavy atom. The van der Waals surface area contributed by atoms with E-state index in [2.05, 4.69) is 10.0 Å². The topological polar surface area (TPSA) is 113 Å². The molecule has 1 rings (SSSR count). The van der Waals surface area contributed by atoms with Crippen molar-refractivity contribution in [1.82, 2.24) is 14.3 Å². The number of carbonyl (C=O) groups excluding carboxylic acids is 1. The normalized spacial score (nSPS) is 13.6. The van der Waals surface area contributed by atoms with Crippen LogP contribution in [0.15, 0.2) is 34.1 Å². The van der Waals surface area contributed by atoms with E-state index in [-0.39, 0.29) is 9.79 Å². The molecule has 1 aromatic rings. The maximum absolute atomic E-state index is 12.4. The first-order valence-electron chi connectivity index (χ1n) is 8.00. The molecule has 0 aliphatic rings. The molecule has 10 heteroatoms. The maximum atomic E-state index is 12.4. The predicted octanol–water partition coefficient (Wildman–Crippen LogP) is 0.520. The van der Waals surface area contributed by atoms with Gasteiger partial charge >= 0.3 is 0 Å². The van der Waals surface area contributed by atoms with Crippen molar-refractivity contribution in [3.05, 3.63) is 24.3 Å². The van der Waals surface area contributed by atoms with Crippen LogP contribution in [0, 0.1) is 0 Å². The molecule has 0 heterocycles. The summed E-state index contributed by atoms with van der Waals surface area (Å²) in [6.45, 7) is 7.66. The Labute approximate surface area is 149 Å². The zero-order valence-corrected chi connectivity index (χ0v) is 16.4. The van der Waals surface area contributed by atoms with Gasteiger partial charge in [-0.3, -0.25) is 4.79 Å². The molecule has 8 nitrogen and oxygen atoms in total. The minimum atomic E-state index is -3.94. The van der Waals surface area contributed by atoms with E-state index < -0.39 is 32.0 Å². The fourth-order valence-corrected chi connectivity index (χ4v) is 4.85. The van der Waals surface area contributed by atoms with Gasteiger partial charge in [-0.1, -0.05) is 13.8 Å². The van der Waals surface area contributed by atoms with Crippen LogP contribution in [0.2, 0.25) is 0 Å². The van der Waals surface area contributed by atoms with Crippen molar-refractivity contribution < 1.29 is 21.6 Å². The Hall–Kier alpha value is -1.49. The highest BCUT2D eigenvalue weighted by molar-refractivity contribution is 7.89. The third-order valence-electron chi connectivity index (χ3n) is 3.55. The molecule has 142 valence electrons. The quantitative estimate of drug-likeness (QED) is 0.637. The highest BCUT2D eigenvalue weighted by Gasteiger charge is 2.24. The molecule has 0 saturated heterocycles. The Kier molecular flexibility index (Phi) is 7.54. The lowest BCUT2D eigenvalue weighted by atomic mass is 10.3. The van der Waals surface area contributed by atoms with Crippen LogP contribution >= 0.6 is 0 Å². The van der Waals surface area contributed by atoms with Crippen molar-refractivity contribution in [2.75, 3.05) is 19.6 Å². The summed E-state index contributed by atoms with van der Waals surface area (Å²) in [7, 11) is -7.59. The van der Waals surface area contributed by atoms with Gasteiger partial charge in [-0.05, 0) is 38.1 Å². The van der Waals surface area contributed by atoms with Crippen LogP contribution in [0.25, 0.3) is 0 Å².